The number of nitrogens with zero attached hydrogens (tertiary/aromatic N) is 5. The van der Waals surface area contributed by atoms with Gasteiger partial charge in [-0.25, -0.2) is 0 Å². The van der Waals surface area contributed by atoms with E-state index >= 15 is 0 Å². The third-order valence-electron chi connectivity index (χ3n) is 5.29. The Morgan fingerprint density at radius 1 is 1.08 bits per heavy atom. The van der Waals surface area contributed by atoms with Gasteiger partial charge in [-0.3, -0.25) is 19.6 Å². The Bertz CT molecular complexity index is 772. The van der Waals surface area contributed by atoms with Gasteiger partial charge in [0.25, 0.3) is 5.91 Å². The van der Waals surface area contributed by atoms with Crippen LogP contribution in [0.15, 0.2) is 24.3 Å². The van der Waals surface area contributed by atoms with Crippen LogP contribution in [0.3, 0.4) is 0 Å². The molecule has 1 aromatic carbocycles. The second-order valence-corrected chi connectivity index (χ2v) is 7.45. The summed E-state index contributed by atoms with van der Waals surface area (Å²) < 4.78 is 1.89. The molecule has 0 spiro atoms. The number of anilines is 1. The normalized spacial score (nSPS) is 18.8. The Kier molecular flexibility index (Phi) is 4.74. The van der Waals surface area contributed by atoms with E-state index in [1.807, 2.05) is 35.9 Å². The molecule has 1 aromatic heterocycles. The van der Waals surface area contributed by atoms with Crippen LogP contribution in [0.25, 0.3) is 0 Å². The molecule has 2 heterocycles. The maximum absolute atomic E-state index is 12.5. The Balaban J connectivity index is 1.36. The highest BCUT2D eigenvalue weighted by molar-refractivity contribution is 6.03. The fourth-order valence-electron chi connectivity index (χ4n) is 3.35. The summed E-state index contributed by atoms with van der Waals surface area (Å²) in [6.07, 6.45) is 2.32. The van der Waals surface area contributed by atoms with Crippen molar-refractivity contribution in [3.63, 3.8) is 0 Å². The molecule has 1 N–H and O–H groups in total. The van der Waals surface area contributed by atoms with Crippen LogP contribution >= 0.6 is 0 Å². The lowest BCUT2D eigenvalue weighted by molar-refractivity contribution is 0.102. The highest BCUT2D eigenvalue weighted by Gasteiger charge is 2.29. The smallest absolute Gasteiger partial charge is 0.258 e. The molecule has 7 nitrogen and oxygen atoms in total. The zero-order valence-electron chi connectivity index (χ0n) is 15.5. The van der Waals surface area contributed by atoms with Crippen molar-refractivity contribution < 1.29 is 4.79 Å². The first-order valence-electron chi connectivity index (χ1n) is 9.30. The molecule has 0 atom stereocenters. The van der Waals surface area contributed by atoms with E-state index in [1.54, 1.807) is 0 Å². The number of carbonyl (C=O) groups excluding carboxylic acids is 1. The van der Waals surface area contributed by atoms with Crippen LogP contribution in [0.2, 0.25) is 0 Å². The third kappa shape index (κ3) is 3.78. The van der Waals surface area contributed by atoms with Crippen LogP contribution in [0.5, 0.6) is 0 Å². The first kappa shape index (κ1) is 17.2. The second kappa shape index (κ2) is 7.17. The number of carbonyl (C=O) groups is 1. The van der Waals surface area contributed by atoms with Crippen molar-refractivity contribution in [1.82, 2.24) is 24.6 Å². The zero-order valence-corrected chi connectivity index (χ0v) is 15.5. The number of likely N-dealkylation sites (N-methyl/N-ethyl adjacent to an activating group) is 1. The molecule has 138 valence electrons. The maximum Gasteiger partial charge on any atom is 0.258 e. The lowest BCUT2D eigenvalue weighted by Crippen LogP contribution is -2.43. The Hall–Kier alpha value is -2.25. The highest BCUT2D eigenvalue weighted by atomic mass is 16.1. The topological polar surface area (TPSA) is 66.3 Å². The van der Waals surface area contributed by atoms with Crippen molar-refractivity contribution in [2.45, 2.75) is 25.3 Å². The van der Waals surface area contributed by atoms with Gasteiger partial charge >= 0.3 is 0 Å². The summed E-state index contributed by atoms with van der Waals surface area (Å²) >= 11 is 0. The number of hydrogen-bond acceptors (Lipinski definition) is 5. The van der Waals surface area contributed by atoms with E-state index in [9.17, 15) is 4.79 Å². The average molecular weight is 354 g/mol. The van der Waals surface area contributed by atoms with E-state index < -0.39 is 0 Å². The predicted molar refractivity (Wildman–Crippen MR) is 100 cm³/mol. The number of piperazine rings is 1. The van der Waals surface area contributed by atoms with Gasteiger partial charge in [-0.2, -0.15) is 0 Å². The number of amides is 1. The standard InChI is InChI=1S/C19H26N6O/c1-23-9-11-25(12-10-23)13-14-3-5-16(6-4-14)18(26)20-19-22-21-17(24(19)2)15-7-8-15/h3-6,15H,7-13H2,1-2H3,(H,20,22,26). The summed E-state index contributed by atoms with van der Waals surface area (Å²) in [7, 11) is 4.07. The van der Waals surface area contributed by atoms with E-state index in [0.29, 0.717) is 17.4 Å². The van der Waals surface area contributed by atoms with Gasteiger partial charge in [0, 0.05) is 51.3 Å². The molecule has 0 bridgehead atoms. The Morgan fingerprint density at radius 3 is 2.42 bits per heavy atom. The first-order chi connectivity index (χ1) is 12.6. The van der Waals surface area contributed by atoms with E-state index in [-0.39, 0.29) is 5.91 Å². The summed E-state index contributed by atoms with van der Waals surface area (Å²) in [6, 6.07) is 7.86. The van der Waals surface area contributed by atoms with Gasteiger partial charge < -0.3 is 4.90 Å². The molecule has 1 saturated carbocycles. The SMILES string of the molecule is CN1CCN(Cc2ccc(C(=O)Nc3nnc(C4CC4)n3C)cc2)CC1. The van der Waals surface area contributed by atoms with Gasteiger partial charge in [0.1, 0.15) is 5.82 Å². The van der Waals surface area contributed by atoms with Gasteiger partial charge in [0.2, 0.25) is 5.95 Å². The van der Waals surface area contributed by atoms with Gasteiger partial charge in [-0.15, -0.1) is 10.2 Å². The Morgan fingerprint density at radius 2 is 1.77 bits per heavy atom. The van der Waals surface area contributed by atoms with Crippen molar-refractivity contribution in [3.8, 4) is 0 Å². The molecule has 2 aromatic rings. The molecule has 4 rings (SSSR count). The minimum absolute atomic E-state index is 0.144. The largest absolute Gasteiger partial charge is 0.304 e. The molecule has 2 fully saturated rings. The number of nitrogens with one attached hydrogen (secondary N) is 1. The van der Waals surface area contributed by atoms with Gasteiger partial charge in [-0.05, 0) is 37.6 Å². The van der Waals surface area contributed by atoms with Crippen LogP contribution in [-0.2, 0) is 13.6 Å². The fraction of sp³-hybridized carbons (Fsp3) is 0.526. The minimum atomic E-state index is -0.144. The van der Waals surface area contributed by atoms with Crippen LogP contribution in [0.1, 0.15) is 40.5 Å². The average Bonchev–Trinajstić information content (AvgIpc) is 3.42. The molecule has 7 heteroatoms. The van der Waals surface area contributed by atoms with E-state index in [1.165, 1.54) is 5.56 Å². The van der Waals surface area contributed by atoms with Crippen molar-refractivity contribution in [2.24, 2.45) is 7.05 Å². The van der Waals surface area contributed by atoms with E-state index in [2.05, 4.69) is 32.4 Å². The first-order valence-corrected chi connectivity index (χ1v) is 9.30. The molecule has 26 heavy (non-hydrogen) atoms. The summed E-state index contributed by atoms with van der Waals surface area (Å²) in [4.78, 5) is 17.3. The predicted octanol–water partition coefficient (Wildman–Crippen LogP) is 1.69. The van der Waals surface area contributed by atoms with Gasteiger partial charge in [-0.1, -0.05) is 12.1 Å². The monoisotopic (exact) mass is 354 g/mol. The summed E-state index contributed by atoms with van der Waals surface area (Å²) in [5.74, 6) is 1.84. The lowest BCUT2D eigenvalue weighted by atomic mass is 10.1. The highest BCUT2D eigenvalue weighted by Crippen LogP contribution is 2.39. The zero-order chi connectivity index (χ0) is 18.1. The number of rotatable bonds is 5. The molecule has 1 saturated heterocycles. The molecule has 1 amide bonds. The van der Waals surface area contributed by atoms with Crippen molar-refractivity contribution >= 4 is 11.9 Å². The number of hydrogen-bond donors (Lipinski definition) is 1. The molecular formula is C19H26N6O. The molecular weight excluding hydrogens is 328 g/mol. The summed E-state index contributed by atoms with van der Waals surface area (Å²) in [5.41, 5.74) is 1.88. The van der Waals surface area contributed by atoms with E-state index in [0.717, 1.165) is 51.4 Å². The molecule has 0 radical (unpaired) electrons. The lowest BCUT2D eigenvalue weighted by Gasteiger charge is -2.32. The molecule has 1 aliphatic carbocycles. The Labute approximate surface area is 154 Å². The van der Waals surface area contributed by atoms with Crippen LogP contribution in [-0.4, -0.2) is 63.7 Å². The molecule has 1 aliphatic heterocycles. The minimum Gasteiger partial charge on any atom is -0.304 e. The van der Waals surface area contributed by atoms with Crippen LogP contribution in [0, 0.1) is 0 Å². The van der Waals surface area contributed by atoms with Crippen molar-refractivity contribution in [2.75, 3.05) is 38.5 Å². The van der Waals surface area contributed by atoms with Crippen molar-refractivity contribution in [1.29, 1.82) is 0 Å². The number of aromatic nitrogens is 3. The molecule has 2 aliphatic rings. The van der Waals surface area contributed by atoms with Gasteiger partial charge in [0.15, 0.2) is 0 Å². The quantitative estimate of drug-likeness (QED) is 0.885. The summed E-state index contributed by atoms with van der Waals surface area (Å²) in [6.45, 7) is 5.34. The fourth-order valence-corrected chi connectivity index (χ4v) is 3.35. The van der Waals surface area contributed by atoms with E-state index in [4.69, 9.17) is 0 Å². The van der Waals surface area contributed by atoms with Gasteiger partial charge in [0.05, 0.1) is 0 Å². The van der Waals surface area contributed by atoms with Crippen LogP contribution in [0.4, 0.5) is 5.95 Å². The molecule has 0 unspecified atom stereocenters. The maximum atomic E-state index is 12.5. The third-order valence-corrected chi connectivity index (χ3v) is 5.29. The summed E-state index contributed by atoms with van der Waals surface area (Å²) in [5, 5.41) is 11.2. The second-order valence-electron chi connectivity index (χ2n) is 7.45. The van der Waals surface area contributed by atoms with Crippen LogP contribution < -0.4 is 5.32 Å². The number of benzene rings is 1. The van der Waals surface area contributed by atoms with Crippen molar-refractivity contribution in [3.05, 3.63) is 41.2 Å².